The molecule has 20 heavy (non-hydrogen) atoms. The highest BCUT2D eigenvalue weighted by molar-refractivity contribution is 5.72. The van der Waals surface area contributed by atoms with Crippen molar-refractivity contribution in [1.82, 2.24) is 5.32 Å². The van der Waals surface area contributed by atoms with Gasteiger partial charge in [-0.1, -0.05) is 26.7 Å². The van der Waals surface area contributed by atoms with E-state index in [0.29, 0.717) is 24.3 Å². The molecule has 1 saturated heterocycles. The van der Waals surface area contributed by atoms with Gasteiger partial charge in [0.15, 0.2) is 0 Å². The second-order valence-corrected chi connectivity index (χ2v) is 6.62. The van der Waals surface area contributed by atoms with E-state index in [-0.39, 0.29) is 6.17 Å². The van der Waals surface area contributed by atoms with Crippen LogP contribution < -0.4 is 16.8 Å². The van der Waals surface area contributed by atoms with Crippen molar-refractivity contribution in [1.29, 1.82) is 0 Å². The van der Waals surface area contributed by atoms with Crippen molar-refractivity contribution in [2.45, 2.75) is 77.0 Å². The van der Waals surface area contributed by atoms with Crippen LogP contribution in [0.1, 0.15) is 58.8 Å². The Balaban J connectivity index is 2.30. The lowest BCUT2D eigenvalue weighted by atomic mass is 9.87. The van der Waals surface area contributed by atoms with Crippen molar-refractivity contribution in [3.8, 4) is 0 Å². The molecule has 5 heteroatoms. The van der Waals surface area contributed by atoms with Gasteiger partial charge >= 0.3 is 5.97 Å². The normalized spacial score (nSPS) is 28.4. The fraction of sp³-hybridized carbons (Fsp3) is 0.933. The zero-order valence-corrected chi connectivity index (χ0v) is 12.8. The maximum absolute atomic E-state index is 10.8. The molecule has 0 radical (unpaired) electrons. The fourth-order valence-electron chi connectivity index (χ4n) is 3.31. The molecule has 1 heterocycles. The first kappa shape index (κ1) is 17.4. The van der Waals surface area contributed by atoms with Crippen molar-refractivity contribution >= 4 is 5.97 Å². The summed E-state index contributed by atoms with van der Waals surface area (Å²) in [6.45, 7) is 4.33. The predicted molar refractivity (Wildman–Crippen MR) is 81.2 cm³/mol. The molecule has 5 nitrogen and oxygen atoms in total. The number of hydrogen-bond donors (Lipinski definition) is 4. The van der Waals surface area contributed by atoms with Crippen molar-refractivity contribution in [3.63, 3.8) is 0 Å². The van der Waals surface area contributed by atoms with Crippen molar-refractivity contribution < 1.29 is 9.90 Å². The summed E-state index contributed by atoms with van der Waals surface area (Å²) >= 11 is 0. The molecule has 5 atom stereocenters. The molecular formula is C15H31N3O2. The van der Waals surface area contributed by atoms with Gasteiger partial charge in [0, 0.05) is 6.04 Å². The fourth-order valence-corrected chi connectivity index (χ4v) is 3.31. The predicted octanol–water partition coefficient (Wildman–Crippen LogP) is 1.66. The summed E-state index contributed by atoms with van der Waals surface area (Å²) in [6.07, 6.45) is 7.54. The molecule has 4 unspecified atom stereocenters. The summed E-state index contributed by atoms with van der Waals surface area (Å²) in [5.41, 5.74) is 11.6. The Kier molecular flexibility index (Phi) is 7.48. The van der Waals surface area contributed by atoms with Gasteiger partial charge in [0.25, 0.3) is 0 Å². The Labute approximate surface area is 122 Å². The largest absolute Gasteiger partial charge is 0.480 e. The Morgan fingerprint density at radius 3 is 2.55 bits per heavy atom. The van der Waals surface area contributed by atoms with Gasteiger partial charge in [0.2, 0.25) is 0 Å². The average molecular weight is 285 g/mol. The third-order valence-corrected chi connectivity index (χ3v) is 4.23. The van der Waals surface area contributed by atoms with Crippen molar-refractivity contribution in [2.24, 2.45) is 23.3 Å². The number of carbonyl (C=O) groups is 1. The minimum Gasteiger partial charge on any atom is -0.480 e. The van der Waals surface area contributed by atoms with E-state index in [4.69, 9.17) is 16.6 Å². The van der Waals surface area contributed by atoms with E-state index in [2.05, 4.69) is 19.2 Å². The maximum Gasteiger partial charge on any atom is 0.320 e. The minimum atomic E-state index is -0.902. The molecule has 1 aliphatic heterocycles. The number of carboxylic acids is 1. The van der Waals surface area contributed by atoms with E-state index in [9.17, 15) is 4.79 Å². The van der Waals surface area contributed by atoms with E-state index < -0.39 is 12.0 Å². The van der Waals surface area contributed by atoms with Gasteiger partial charge in [-0.15, -0.1) is 0 Å². The first-order valence-electron chi connectivity index (χ1n) is 7.88. The van der Waals surface area contributed by atoms with Gasteiger partial charge in [-0.2, -0.15) is 0 Å². The Morgan fingerprint density at radius 1 is 1.25 bits per heavy atom. The van der Waals surface area contributed by atoms with Gasteiger partial charge in [-0.3, -0.25) is 10.1 Å². The summed E-state index contributed by atoms with van der Waals surface area (Å²) in [5, 5.41) is 12.3. The second kappa shape index (κ2) is 8.60. The van der Waals surface area contributed by atoms with Gasteiger partial charge in [-0.25, -0.2) is 0 Å². The lowest BCUT2D eigenvalue weighted by molar-refractivity contribution is -0.138. The number of hydrogen-bond acceptors (Lipinski definition) is 4. The van der Waals surface area contributed by atoms with Crippen molar-refractivity contribution in [3.05, 3.63) is 0 Å². The summed E-state index contributed by atoms with van der Waals surface area (Å²) in [6, 6.07) is -0.232. The highest BCUT2D eigenvalue weighted by atomic mass is 16.4. The van der Waals surface area contributed by atoms with Gasteiger partial charge in [-0.05, 0) is 43.9 Å². The SMILES string of the molecule is CC(CC(N)C(=O)O)C[C@H](C)CC1CCCCC(N)N1. The third-order valence-electron chi connectivity index (χ3n) is 4.23. The molecule has 1 rings (SSSR count). The van der Waals surface area contributed by atoms with Crippen LogP contribution in [-0.2, 0) is 4.79 Å². The smallest absolute Gasteiger partial charge is 0.320 e. The molecule has 0 amide bonds. The molecule has 6 N–H and O–H groups in total. The molecule has 0 spiro atoms. The van der Waals surface area contributed by atoms with E-state index in [0.717, 1.165) is 19.3 Å². The number of nitrogens with one attached hydrogen (secondary N) is 1. The highest BCUT2D eigenvalue weighted by Crippen LogP contribution is 2.23. The Hall–Kier alpha value is -0.650. The molecular weight excluding hydrogens is 254 g/mol. The maximum atomic E-state index is 10.8. The van der Waals surface area contributed by atoms with Crippen LogP contribution in [-0.4, -0.2) is 29.3 Å². The van der Waals surface area contributed by atoms with Gasteiger partial charge < -0.3 is 16.6 Å². The van der Waals surface area contributed by atoms with Crippen LogP contribution in [0.5, 0.6) is 0 Å². The minimum absolute atomic E-state index is 0.132. The Bertz CT molecular complexity index is 299. The van der Waals surface area contributed by atoms with Crippen LogP contribution in [0, 0.1) is 11.8 Å². The Morgan fingerprint density at radius 2 is 1.90 bits per heavy atom. The summed E-state index contributed by atoms with van der Waals surface area (Å²) in [5.74, 6) is 0.00487. The molecule has 0 bridgehead atoms. The number of nitrogens with two attached hydrogens (primary N) is 2. The molecule has 1 fully saturated rings. The topological polar surface area (TPSA) is 101 Å². The zero-order valence-electron chi connectivity index (χ0n) is 12.8. The van der Waals surface area contributed by atoms with Crippen LogP contribution in [0.3, 0.4) is 0 Å². The molecule has 118 valence electrons. The van der Waals surface area contributed by atoms with Crippen LogP contribution in [0.4, 0.5) is 0 Å². The lowest BCUT2D eigenvalue weighted by Gasteiger charge is -2.25. The lowest BCUT2D eigenvalue weighted by Crippen LogP contribution is -2.43. The van der Waals surface area contributed by atoms with E-state index in [1.54, 1.807) is 0 Å². The van der Waals surface area contributed by atoms with Crippen LogP contribution in [0.2, 0.25) is 0 Å². The summed E-state index contributed by atoms with van der Waals surface area (Å²) in [4.78, 5) is 10.8. The van der Waals surface area contributed by atoms with E-state index in [1.807, 2.05) is 0 Å². The average Bonchev–Trinajstić information content (AvgIpc) is 2.52. The van der Waals surface area contributed by atoms with Gasteiger partial charge in [0.05, 0.1) is 6.17 Å². The first-order valence-corrected chi connectivity index (χ1v) is 7.88. The highest BCUT2D eigenvalue weighted by Gasteiger charge is 2.21. The van der Waals surface area contributed by atoms with E-state index >= 15 is 0 Å². The zero-order chi connectivity index (χ0) is 15.1. The molecule has 1 aliphatic rings. The summed E-state index contributed by atoms with van der Waals surface area (Å²) in [7, 11) is 0. The monoisotopic (exact) mass is 285 g/mol. The quantitative estimate of drug-likeness (QED) is 0.570. The van der Waals surface area contributed by atoms with Crippen LogP contribution >= 0.6 is 0 Å². The van der Waals surface area contributed by atoms with Crippen molar-refractivity contribution in [2.75, 3.05) is 0 Å². The number of aliphatic carboxylic acids is 1. The molecule has 0 aromatic heterocycles. The molecule has 0 saturated carbocycles. The van der Waals surface area contributed by atoms with Crippen LogP contribution in [0.15, 0.2) is 0 Å². The standard InChI is InChI=1S/C15H31N3O2/c1-10(7-11(2)9-13(16)15(19)20)8-12-5-3-4-6-14(17)18-12/h10-14,18H,3-9,16-17H2,1-2H3,(H,19,20)/t10-,11?,12?,13?,14?/m0/s1. The van der Waals surface area contributed by atoms with E-state index in [1.165, 1.54) is 19.3 Å². The van der Waals surface area contributed by atoms with Gasteiger partial charge in [0.1, 0.15) is 6.04 Å². The third kappa shape index (κ3) is 6.68. The molecule has 0 aromatic rings. The number of rotatable bonds is 7. The van der Waals surface area contributed by atoms with Crippen LogP contribution in [0.25, 0.3) is 0 Å². The molecule has 0 aliphatic carbocycles. The summed E-state index contributed by atoms with van der Waals surface area (Å²) < 4.78 is 0. The number of carboxylic acid groups (broad SMARTS) is 1. The second-order valence-electron chi connectivity index (χ2n) is 6.62. The first-order chi connectivity index (χ1) is 9.38. The molecule has 0 aromatic carbocycles.